The molecule has 1 fully saturated rings. The molecular formula is C18H22N2O5. The number of hydrogen-bond acceptors (Lipinski definition) is 5. The lowest BCUT2D eigenvalue weighted by molar-refractivity contribution is -0.118. The number of ether oxygens (including phenoxy) is 1. The Bertz CT molecular complexity index is 741. The molecule has 1 aliphatic heterocycles. The van der Waals surface area contributed by atoms with Gasteiger partial charge in [-0.15, -0.1) is 0 Å². The number of rotatable bonds is 4. The van der Waals surface area contributed by atoms with Gasteiger partial charge in [-0.2, -0.15) is 0 Å². The van der Waals surface area contributed by atoms with Gasteiger partial charge in [-0.25, -0.2) is 4.79 Å². The monoisotopic (exact) mass is 346 g/mol. The molecule has 1 saturated heterocycles. The molecular weight excluding hydrogens is 324 g/mol. The van der Waals surface area contributed by atoms with Crippen LogP contribution in [0.1, 0.15) is 23.2 Å². The van der Waals surface area contributed by atoms with Gasteiger partial charge in [-0.05, 0) is 29.3 Å². The average Bonchev–Trinajstić information content (AvgIpc) is 2.60. The number of nitrogens with two attached hydrogens (primary N) is 1. The predicted molar refractivity (Wildman–Crippen MR) is 93.6 cm³/mol. The number of hydrogen-bond donors (Lipinski definition) is 4. The van der Waals surface area contributed by atoms with Crippen molar-refractivity contribution in [3.05, 3.63) is 42.0 Å². The van der Waals surface area contributed by atoms with Crippen LogP contribution in [-0.2, 0) is 9.53 Å². The number of carbonyl (C=O) groups is 2. The Hall–Kier alpha value is -2.64. The molecule has 1 aliphatic rings. The number of benzene rings is 2. The van der Waals surface area contributed by atoms with Crippen LogP contribution in [0.25, 0.3) is 10.8 Å². The summed E-state index contributed by atoms with van der Waals surface area (Å²) in [6, 6.07) is 10.2. The summed E-state index contributed by atoms with van der Waals surface area (Å²) in [7, 11) is 0. The van der Waals surface area contributed by atoms with Gasteiger partial charge in [0.15, 0.2) is 0 Å². The second-order valence-electron chi connectivity index (χ2n) is 5.72. The Morgan fingerprint density at radius 2 is 1.92 bits per heavy atom. The largest absolute Gasteiger partial charge is 0.507 e. The van der Waals surface area contributed by atoms with E-state index in [9.17, 15) is 14.7 Å². The molecule has 1 amide bonds. The number of carboxylic acid groups (broad SMARTS) is 1. The Balaban J connectivity index is 0.000000186. The number of amides is 1. The Kier molecular flexibility index (Phi) is 6.73. The molecule has 2 aromatic carbocycles. The first kappa shape index (κ1) is 18.7. The van der Waals surface area contributed by atoms with Crippen molar-refractivity contribution in [2.75, 3.05) is 19.7 Å². The van der Waals surface area contributed by atoms with Crippen LogP contribution in [-0.4, -0.2) is 47.9 Å². The fraction of sp³-hybridized carbons (Fsp3) is 0.333. The highest BCUT2D eigenvalue weighted by atomic mass is 16.5. The van der Waals surface area contributed by atoms with Gasteiger partial charge in [0, 0.05) is 19.5 Å². The maximum absolute atomic E-state index is 10.7. The van der Waals surface area contributed by atoms with Crippen LogP contribution in [0.5, 0.6) is 5.75 Å². The maximum Gasteiger partial charge on any atom is 0.339 e. The quantitative estimate of drug-likeness (QED) is 0.665. The number of aromatic carboxylic acids is 1. The zero-order valence-electron chi connectivity index (χ0n) is 13.8. The van der Waals surface area contributed by atoms with Crippen molar-refractivity contribution in [3.8, 4) is 5.75 Å². The van der Waals surface area contributed by atoms with E-state index in [-0.39, 0.29) is 23.3 Å². The smallest absolute Gasteiger partial charge is 0.339 e. The van der Waals surface area contributed by atoms with E-state index in [4.69, 9.17) is 15.6 Å². The fourth-order valence-corrected chi connectivity index (χ4v) is 2.51. The van der Waals surface area contributed by atoms with Crippen LogP contribution < -0.4 is 11.1 Å². The van der Waals surface area contributed by atoms with Crippen molar-refractivity contribution < 1.29 is 24.5 Å². The molecule has 134 valence electrons. The third kappa shape index (κ3) is 5.74. The molecule has 0 aliphatic carbocycles. The third-order valence-corrected chi connectivity index (χ3v) is 3.81. The van der Waals surface area contributed by atoms with Crippen molar-refractivity contribution in [2.24, 2.45) is 5.73 Å². The topological polar surface area (TPSA) is 122 Å². The number of primary amides is 1. The summed E-state index contributed by atoms with van der Waals surface area (Å²) in [5, 5.41) is 23.0. The van der Waals surface area contributed by atoms with Gasteiger partial charge >= 0.3 is 5.97 Å². The van der Waals surface area contributed by atoms with Crippen LogP contribution in [0.15, 0.2) is 36.4 Å². The van der Waals surface area contributed by atoms with Gasteiger partial charge in [0.1, 0.15) is 11.3 Å². The first-order valence-electron chi connectivity index (χ1n) is 8.03. The predicted octanol–water partition coefficient (Wildman–Crippen LogP) is 1.48. The molecule has 3 rings (SSSR count). The van der Waals surface area contributed by atoms with Crippen LogP contribution >= 0.6 is 0 Å². The molecule has 7 nitrogen and oxygen atoms in total. The van der Waals surface area contributed by atoms with Crippen LogP contribution in [0, 0.1) is 0 Å². The average molecular weight is 346 g/mol. The van der Waals surface area contributed by atoms with Crippen molar-refractivity contribution in [3.63, 3.8) is 0 Å². The molecule has 5 N–H and O–H groups in total. The SMILES string of the molecule is NC(=O)CCC1CNCCO1.O=C(O)c1cc2ccccc2cc1O. The van der Waals surface area contributed by atoms with Gasteiger partial charge in [-0.3, -0.25) is 4.79 Å². The number of nitrogens with one attached hydrogen (secondary N) is 1. The van der Waals surface area contributed by atoms with E-state index in [0.717, 1.165) is 36.9 Å². The Labute approximate surface area is 145 Å². The van der Waals surface area contributed by atoms with Gasteiger partial charge in [-0.1, -0.05) is 24.3 Å². The number of fused-ring (bicyclic) bond motifs is 1. The number of morpholine rings is 1. The van der Waals surface area contributed by atoms with E-state index in [1.54, 1.807) is 6.07 Å². The molecule has 7 heteroatoms. The van der Waals surface area contributed by atoms with E-state index in [0.29, 0.717) is 6.42 Å². The molecule has 0 aromatic heterocycles. The van der Waals surface area contributed by atoms with Gasteiger partial charge < -0.3 is 26.0 Å². The zero-order valence-corrected chi connectivity index (χ0v) is 13.8. The van der Waals surface area contributed by atoms with Crippen molar-refractivity contribution in [1.82, 2.24) is 5.32 Å². The molecule has 1 unspecified atom stereocenters. The maximum atomic E-state index is 10.7. The van der Waals surface area contributed by atoms with E-state index in [2.05, 4.69) is 5.32 Å². The minimum Gasteiger partial charge on any atom is -0.507 e. The lowest BCUT2D eigenvalue weighted by Gasteiger charge is -2.22. The molecule has 0 bridgehead atoms. The molecule has 1 atom stereocenters. The van der Waals surface area contributed by atoms with Gasteiger partial charge in [0.2, 0.25) is 5.91 Å². The van der Waals surface area contributed by atoms with Crippen molar-refractivity contribution >= 4 is 22.6 Å². The van der Waals surface area contributed by atoms with E-state index in [1.807, 2.05) is 18.2 Å². The molecule has 1 heterocycles. The number of carboxylic acids is 1. The second kappa shape index (κ2) is 9.00. The third-order valence-electron chi connectivity index (χ3n) is 3.81. The van der Waals surface area contributed by atoms with Gasteiger partial charge in [0.25, 0.3) is 0 Å². The molecule has 25 heavy (non-hydrogen) atoms. The summed E-state index contributed by atoms with van der Waals surface area (Å²) in [5.41, 5.74) is 4.93. The summed E-state index contributed by atoms with van der Waals surface area (Å²) < 4.78 is 5.36. The lowest BCUT2D eigenvalue weighted by Crippen LogP contribution is -2.38. The highest BCUT2D eigenvalue weighted by molar-refractivity contribution is 5.97. The van der Waals surface area contributed by atoms with Crippen LogP contribution in [0.4, 0.5) is 0 Å². The van der Waals surface area contributed by atoms with E-state index in [1.165, 1.54) is 12.1 Å². The summed E-state index contributed by atoms with van der Waals surface area (Å²) >= 11 is 0. The highest BCUT2D eigenvalue weighted by Gasteiger charge is 2.13. The normalized spacial score (nSPS) is 16.7. The van der Waals surface area contributed by atoms with Crippen LogP contribution in [0.3, 0.4) is 0 Å². The summed E-state index contributed by atoms with van der Waals surface area (Å²) in [4.78, 5) is 21.1. The molecule has 0 radical (unpaired) electrons. The molecule has 2 aromatic rings. The standard InChI is InChI=1S/C11H8O3.C7H14N2O2/c12-10-6-8-4-2-1-3-7(8)5-9(10)11(13)14;8-7(10)2-1-6-5-9-3-4-11-6/h1-6,12H,(H,13,14);6,9H,1-5H2,(H2,8,10). The number of phenols is 1. The molecule has 0 spiro atoms. The van der Waals surface area contributed by atoms with E-state index >= 15 is 0 Å². The Morgan fingerprint density at radius 1 is 1.24 bits per heavy atom. The minimum atomic E-state index is -1.12. The molecule has 0 saturated carbocycles. The first-order valence-corrected chi connectivity index (χ1v) is 8.03. The van der Waals surface area contributed by atoms with Crippen molar-refractivity contribution in [2.45, 2.75) is 18.9 Å². The van der Waals surface area contributed by atoms with Crippen molar-refractivity contribution in [1.29, 1.82) is 0 Å². The summed E-state index contributed by atoms with van der Waals surface area (Å²) in [6.07, 6.45) is 1.34. The Morgan fingerprint density at radius 3 is 2.48 bits per heavy atom. The second-order valence-corrected chi connectivity index (χ2v) is 5.72. The van der Waals surface area contributed by atoms with Gasteiger partial charge in [0.05, 0.1) is 12.7 Å². The fourth-order valence-electron chi connectivity index (χ4n) is 2.51. The number of carbonyl (C=O) groups excluding carboxylic acids is 1. The zero-order chi connectivity index (χ0) is 18.2. The minimum absolute atomic E-state index is 0.0660. The lowest BCUT2D eigenvalue weighted by atomic mass is 10.1. The number of aromatic hydroxyl groups is 1. The van der Waals surface area contributed by atoms with E-state index < -0.39 is 5.97 Å². The summed E-state index contributed by atoms with van der Waals surface area (Å²) in [6.45, 7) is 2.49. The summed E-state index contributed by atoms with van der Waals surface area (Å²) in [5.74, 6) is -1.57. The van der Waals surface area contributed by atoms with Crippen LogP contribution in [0.2, 0.25) is 0 Å². The highest BCUT2D eigenvalue weighted by Crippen LogP contribution is 2.24. The first-order chi connectivity index (χ1) is 12.0.